The molecule has 0 fully saturated rings. The van der Waals surface area contributed by atoms with E-state index >= 15 is 0 Å². The highest BCUT2D eigenvalue weighted by atomic mass is 35.8. The third-order valence-corrected chi connectivity index (χ3v) is 3.64. The van der Waals surface area contributed by atoms with Crippen LogP contribution in [-0.4, -0.2) is 14.4 Å². The van der Waals surface area contributed by atoms with Gasteiger partial charge in [-0.25, -0.2) is 0 Å². The Labute approximate surface area is 76.3 Å². The molecule has 0 rings (SSSR count). The zero-order valence-electron chi connectivity index (χ0n) is 5.67. The molecular weight excluding hydrogens is 230 g/mol. The first-order chi connectivity index (χ1) is 4.21. The Morgan fingerprint density at radius 2 is 1.50 bits per heavy atom. The van der Waals surface area contributed by atoms with Crippen LogP contribution < -0.4 is 0 Å². The van der Waals surface area contributed by atoms with Crippen molar-refractivity contribution in [3.8, 4) is 0 Å². The third kappa shape index (κ3) is 8.97. The van der Waals surface area contributed by atoms with Crippen molar-refractivity contribution in [1.82, 2.24) is 0 Å². The second-order valence-corrected chi connectivity index (χ2v) is 14.4. The summed E-state index contributed by atoms with van der Waals surface area (Å²) < 4.78 is 12.8. The highest BCUT2D eigenvalue weighted by Gasteiger charge is 2.23. The first-order valence-electron chi connectivity index (χ1n) is 2.67. The number of rotatable bonds is 2. The zero-order valence-corrected chi connectivity index (χ0v) is 9.93. The molecule has 0 bridgehead atoms. The minimum Gasteiger partial charge on any atom is -0.309 e. The van der Waals surface area contributed by atoms with Crippen molar-refractivity contribution in [2.24, 2.45) is 0 Å². The summed E-state index contributed by atoms with van der Waals surface area (Å²) in [6.07, 6.45) is 0. The summed E-state index contributed by atoms with van der Waals surface area (Å²) in [7, 11) is -2.67. The van der Waals surface area contributed by atoms with E-state index in [1.165, 1.54) is 24.5 Å². The Morgan fingerprint density at radius 3 is 1.60 bits per heavy atom. The average Bonchev–Trinajstić information content (AvgIpc) is 1.57. The van der Waals surface area contributed by atoms with Crippen molar-refractivity contribution in [3.05, 3.63) is 11.4 Å². The van der Waals surface area contributed by atoms with Gasteiger partial charge in [-0.05, 0) is 13.1 Å². The first kappa shape index (κ1) is 11.0. The molecule has 0 atom stereocenters. The Balaban J connectivity index is 4.01. The van der Waals surface area contributed by atoms with E-state index in [0.717, 1.165) is 0 Å². The van der Waals surface area contributed by atoms with Gasteiger partial charge in [-0.3, -0.25) is 0 Å². The number of hydrogen-bond donors (Lipinski definition) is 0. The first-order valence-corrected chi connectivity index (χ1v) is 10.7. The summed E-state index contributed by atoms with van der Waals surface area (Å²) in [5, 5.41) is 0. The van der Waals surface area contributed by atoms with Crippen molar-refractivity contribution >= 4 is 47.6 Å². The van der Waals surface area contributed by atoms with Crippen LogP contribution in [0.1, 0.15) is 0 Å². The molecule has 0 aromatic carbocycles. The van der Waals surface area contributed by atoms with E-state index in [1.54, 1.807) is 0 Å². The van der Waals surface area contributed by atoms with Gasteiger partial charge in [0.25, 0.3) is 8.41 Å². The van der Waals surface area contributed by atoms with E-state index in [9.17, 15) is 4.11 Å². The molecule has 0 radical (unpaired) electrons. The van der Waals surface area contributed by atoms with Gasteiger partial charge in [0.05, 0.1) is 0 Å². The molecule has 0 saturated carbocycles. The second kappa shape index (κ2) is 3.58. The molecule has 0 aromatic heterocycles. The molecule has 0 aromatic rings. The fraction of sp³-hybridized carbons (Fsp3) is 0.500. The van der Waals surface area contributed by atoms with E-state index in [4.69, 9.17) is 33.2 Å². The molecule has 6 heteroatoms. The van der Waals surface area contributed by atoms with Gasteiger partial charge in [0.2, 0.25) is 0 Å². The van der Waals surface area contributed by atoms with E-state index < -0.39 is 14.4 Å². The summed E-state index contributed by atoms with van der Waals surface area (Å²) in [4.78, 5) is 0. The highest BCUT2D eigenvalue weighted by Crippen LogP contribution is 2.22. The predicted octanol–water partition coefficient (Wildman–Crippen LogP) is 3.45. The summed E-state index contributed by atoms with van der Waals surface area (Å²) in [6, 6.07) is -2.74. The van der Waals surface area contributed by atoms with Crippen LogP contribution in [0, 0.1) is 0 Å². The molecule has 0 spiro atoms. The van der Waals surface area contributed by atoms with Gasteiger partial charge in [0, 0.05) is 0 Å². The van der Waals surface area contributed by atoms with E-state index in [-0.39, 0.29) is 0 Å². The standard InChI is InChI=1S/C4H8Cl3FSi2/c1-9(2,8)3-4-10(5,6)7/h3-4H,1-2H3/b4-3+. The monoisotopic (exact) mass is 236 g/mol. The molecule has 0 heterocycles. The summed E-state index contributed by atoms with van der Waals surface area (Å²) in [5.41, 5.74) is 2.80. The Hall–Kier alpha value is 0.974. The van der Waals surface area contributed by atoms with E-state index in [2.05, 4.69) is 0 Å². The van der Waals surface area contributed by atoms with Crippen molar-refractivity contribution < 1.29 is 4.11 Å². The van der Waals surface area contributed by atoms with Crippen LogP contribution in [-0.2, 0) is 0 Å². The summed E-state index contributed by atoms with van der Waals surface area (Å²) in [5.74, 6) is 0. The molecule has 0 aliphatic rings. The van der Waals surface area contributed by atoms with Crippen LogP contribution in [0.4, 0.5) is 4.11 Å². The number of halogens is 4. The van der Waals surface area contributed by atoms with Crippen LogP contribution in [0.5, 0.6) is 0 Å². The smallest absolute Gasteiger partial charge is 0.309 e. The normalized spacial score (nSPS) is 14.6. The Bertz CT molecular complexity index is 118. The molecule has 0 unspecified atom stereocenters. The van der Waals surface area contributed by atoms with Gasteiger partial charge >= 0.3 is 6.00 Å². The lowest BCUT2D eigenvalue weighted by atomic mass is 11.2. The lowest BCUT2D eigenvalue weighted by Crippen LogP contribution is -2.16. The van der Waals surface area contributed by atoms with Crippen molar-refractivity contribution in [2.75, 3.05) is 0 Å². The quantitative estimate of drug-likeness (QED) is 0.510. The van der Waals surface area contributed by atoms with Crippen molar-refractivity contribution in [1.29, 1.82) is 0 Å². The largest absolute Gasteiger partial charge is 0.365 e. The summed E-state index contributed by atoms with van der Waals surface area (Å²) >= 11 is 16.4. The Kier molecular flexibility index (Phi) is 3.93. The molecule has 0 aliphatic carbocycles. The highest BCUT2D eigenvalue weighted by molar-refractivity contribution is 7.66. The third-order valence-electron chi connectivity index (χ3n) is 0.669. The SMILES string of the molecule is C[Si](C)(F)/C=C/[Si](Cl)(Cl)Cl. The van der Waals surface area contributed by atoms with Crippen LogP contribution in [0.3, 0.4) is 0 Å². The lowest BCUT2D eigenvalue weighted by molar-refractivity contribution is 0.820. The van der Waals surface area contributed by atoms with Gasteiger partial charge in [-0.2, -0.15) is 0 Å². The van der Waals surface area contributed by atoms with Gasteiger partial charge < -0.3 is 4.11 Å². The average molecular weight is 238 g/mol. The van der Waals surface area contributed by atoms with Crippen LogP contribution in [0.2, 0.25) is 13.1 Å². The van der Waals surface area contributed by atoms with Gasteiger partial charge in [-0.15, -0.1) is 33.2 Å². The number of hydrogen-bond acceptors (Lipinski definition) is 0. The molecule has 0 aliphatic heterocycles. The molecule has 60 valence electrons. The maximum Gasteiger partial charge on any atom is 0.365 e. The zero-order chi connectivity index (χ0) is 8.41. The lowest BCUT2D eigenvalue weighted by Gasteiger charge is -2.04. The fourth-order valence-corrected chi connectivity index (χ4v) is 4.33. The van der Waals surface area contributed by atoms with Crippen molar-refractivity contribution in [3.63, 3.8) is 0 Å². The molecule has 0 nitrogen and oxygen atoms in total. The minimum absolute atomic E-state index is 1.39. The van der Waals surface area contributed by atoms with E-state index in [1.807, 2.05) is 0 Å². The summed E-state index contributed by atoms with van der Waals surface area (Å²) in [6.45, 7) is 3.07. The molecule has 0 saturated heterocycles. The van der Waals surface area contributed by atoms with Gasteiger partial charge in [0.1, 0.15) is 0 Å². The van der Waals surface area contributed by atoms with Gasteiger partial charge in [-0.1, -0.05) is 11.4 Å². The second-order valence-electron chi connectivity index (χ2n) is 2.44. The van der Waals surface area contributed by atoms with Crippen LogP contribution in [0.15, 0.2) is 11.4 Å². The molecule has 0 N–H and O–H groups in total. The van der Waals surface area contributed by atoms with Crippen LogP contribution in [0.25, 0.3) is 0 Å². The predicted molar refractivity (Wildman–Crippen MR) is 51.0 cm³/mol. The molecule has 10 heavy (non-hydrogen) atoms. The topological polar surface area (TPSA) is 0 Å². The van der Waals surface area contributed by atoms with Gasteiger partial charge in [0.15, 0.2) is 0 Å². The van der Waals surface area contributed by atoms with E-state index in [0.29, 0.717) is 0 Å². The maximum atomic E-state index is 12.8. The molecular formula is C4H8Cl3FSi2. The Morgan fingerprint density at radius 1 is 1.10 bits per heavy atom. The maximum absolute atomic E-state index is 12.8. The minimum atomic E-state index is -2.74. The van der Waals surface area contributed by atoms with Crippen molar-refractivity contribution in [2.45, 2.75) is 13.1 Å². The van der Waals surface area contributed by atoms with Crippen LogP contribution >= 0.6 is 33.2 Å². The fourth-order valence-electron chi connectivity index (χ4n) is 0.293. The molecule has 0 amide bonds.